The van der Waals surface area contributed by atoms with E-state index in [1.807, 2.05) is 24.3 Å². The minimum Gasteiger partial charge on any atom is -0.236 e. The molecule has 0 radical (unpaired) electrons. The Balaban J connectivity index is 2.34. The molecule has 2 aromatic rings. The molecule has 68 valence electrons. The molecular weight excluding hydrogens is 196 g/mol. The van der Waals surface area contributed by atoms with Gasteiger partial charge in [0.15, 0.2) is 0 Å². The van der Waals surface area contributed by atoms with E-state index in [2.05, 4.69) is 20.2 Å². The maximum absolute atomic E-state index is 4.46. The van der Waals surface area contributed by atoms with Gasteiger partial charge in [-0.2, -0.15) is 5.11 Å². The number of azo groups is 1. The minimum atomic E-state index is 0.639. The molecule has 0 N–H and O–H groups in total. The highest BCUT2D eigenvalue weighted by Gasteiger charge is 2.11. The molecule has 0 bridgehead atoms. The van der Waals surface area contributed by atoms with Crippen molar-refractivity contribution < 1.29 is 0 Å². The van der Waals surface area contributed by atoms with E-state index in [-0.39, 0.29) is 0 Å². The zero-order chi connectivity index (χ0) is 9.38. The first-order valence-corrected chi connectivity index (χ1v) is 5.19. The Morgan fingerprint density at radius 2 is 1.86 bits per heavy atom. The number of hydrogen-bond acceptors (Lipinski definition) is 5. The van der Waals surface area contributed by atoms with Crippen molar-refractivity contribution in [2.75, 3.05) is 5.88 Å². The molecule has 3 rings (SSSR count). The van der Waals surface area contributed by atoms with Gasteiger partial charge in [0.25, 0.3) is 0 Å². The fraction of sp³-hybridized carbons (Fsp3) is 0.111. The number of nitrogens with zero attached hydrogens (tertiary/aromatic N) is 4. The molecule has 5 heteroatoms. The lowest BCUT2D eigenvalue weighted by Gasteiger charge is -2.06. The van der Waals surface area contributed by atoms with Crippen LogP contribution in [0.25, 0.3) is 11.0 Å². The molecule has 0 saturated heterocycles. The van der Waals surface area contributed by atoms with Gasteiger partial charge in [-0.3, -0.25) is 0 Å². The van der Waals surface area contributed by atoms with Crippen LogP contribution in [-0.2, 0) is 0 Å². The lowest BCUT2D eigenvalue weighted by Crippen LogP contribution is -1.91. The van der Waals surface area contributed by atoms with Gasteiger partial charge in [0.05, 0.1) is 11.0 Å². The van der Waals surface area contributed by atoms with E-state index in [1.165, 1.54) is 0 Å². The van der Waals surface area contributed by atoms with Crippen LogP contribution in [0.5, 0.6) is 0 Å². The fourth-order valence-electron chi connectivity index (χ4n) is 1.32. The second kappa shape index (κ2) is 3.02. The minimum absolute atomic E-state index is 0.639. The normalized spacial score (nSPS) is 14.3. The predicted octanol–water partition coefficient (Wildman–Crippen LogP) is 2.78. The number of aromatic nitrogens is 2. The Labute approximate surface area is 84.5 Å². The molecule has 0 fully saturated rings. The quantitative estimate of drug-likeness (QED) is 0.660. The molecule has 2 heterocycles. The topological polar surface area (TPSA) is 50.5 Å². The Hall–Kier alpha value is -1.49. The summed E-state index contributed by atoms with van der Waals surface area (Å²) in [4.78, 5) is 8.83. The number of thioether (sulfide) groups is 1. The van der Waals surface area contributed by atoms with Crippen LogP contribution in [0.2, 0.25) is 0 Å². The van der Waals surface area contributed by atoms with Crippen LogP contribution in [0.4, 0.5) is 5.82 Å². The van der Waals surface area contributed by atoms with Crippen LogP contribution < -0.4 is 0 Å². The van der Waals surface area contributed by atoms with Gasteiger partial charge in [0.1, 0.15) is 10.9 Å². The number of benzene rings is 1. The number of fused-ring (bicyclic) bond motifs is 2. The third kappa shape index (κ3) is 1.17. The van der Waals surface area contributed by atoms with Crippen molar-refractivity contribution in [2.45, 2.75) is 5.03 Å². The second-order valence-corrected chi connectivity index (χ2v) is 3.79. The second-order valence-electron chi connectivity index (χ2n) is 2.86. The summed E-state index contributed by atoms with van der Waals surface area (Å²) in [5, 5.41) is 8.76. The third-order valence-electron chi connectivity index (χ3n) is 1.95. The van der Waals surface area contributed by atoms with Gasteiger partial charge < -0.3 is 0 Å². The molecule has 1 aromatic heterocycles. The van der Waals surface area contributed by atoms with Gasteiger partial charge >= 0.3 is 0 Å². The van der Waals surface area contributed by atoms with E-state index in [0.717, 1.165) is 16.1 Å². The molecule has 0 unspecified atom stereocenters. The molecule has 4 nitrogen and oxygen atoms in total. The molecule has 1 aliphatic rings. The molecule has 0 amide bonds. The molecule has 14 heavy (non-hydrogen) atoms. The van der Waals surface area contributed by atoms with Gasteiger partial charge in [-0.25, -0.2) is 9.97 Å². The average molecular weight is 202 g/mol. The summed E-state index contributed by atoms with van der Waals surface area (Å²) < 4.78 is 0. The standard InChI is InChI=1S/C9H6N4S/c1-2-4-7-6(3-1)11-8-9(12-7)14-5-10-13-8/h1-4H,5H2. The van der Waals surface area contributed by atoms with Crippen molar-refractivity contribution >= 4 is 28.6 Å². The van der Waals surface area contributed by atoms with Crippen molar-refractivity contribution in [1.82, 2.24) is 9.97 Å². The Morgan fingerprint density at radius 3 is 2.71 bits per heavy atom. The van der Waals surface area contributed by atoms with Gasteiger partial charge in [0, 0.05) is 0 Å². The maximum atomic E-state index is 4.46. The summed E-state index contributed by atoms with van der Waals surface area (Å²) in [6.07, 6.45) is 0. The largest absolute Gasteiger partial charge is 0.236 e. The molecule has 1 aromatic carbocycles. The van der Waals surface area contributed by atoms with Gasteiger partial charge in [-0.05, 0) is 12.1 Å². The van der Waals surface area contributed by atoms with Gasteiger partial charge in [0.2, 0.25) is 5.82 Å². The van der Waals surface area contributed by atoms with E-state index in [0.29, 0.717) is 11.7 Å². The maximum Gasteiger partial charge on any atom is 0.207 e. The first-order valence-electron chi connectivity index (χ1n) is 4.20. The SMILES string of the molecule is c1ccc2nc3c(nc2c1)N=NCS3. The molecule has 0 aliphatic carbocycles. The highest BCUT2D eigenvalue weighted by atomic mass is 32.2. The number of para-hydroxylation sites is 2. The fourth-order valence-corrected chi connectivity index (χ4v) is 1.94. The van der Waals surface area contributed by atoms with E-state index in [1.54, 1.807) is 11.8 Å². The van der Waals surface area contributed by atoms with Crippen molar-refractivity contribution in [3.63, 3.8) is 0 Å². The van der Waals surface area contributed by atoms with Gasteiger partial charge in [-0.1, -0.05) is 23.9 Å². The van der Waals surface area contributed by atoms with E-state index in [9.17, 15) is 0 Å². The Bertz CT molecular complexity index is 523. The molecule has 0 atom stereocenters. The molecule has 0 saturated carbocycles. The third-order valence-corrected chi connectivity index (χ3v) is 2.74. The van der Waals surface area contributed by atoms with Crippen molar-refractivity contribution in [3.05, 3.63) is 24.3 Å². The summed E-state index contributed by atoms with van der Waals surface area (Å²) in [7, 11) is 0. The van der Waals surface area contributed by atoms with Gasteiger partial charge in [-0.15, -0.1) is 5.11 Å². The van der Waals surface area contributed by atoms with E-state index >= 15 is 0 Å². The van der Waals surface area contributed by atoms with Crippen LogP contribution in [-0.4, -0.2) is 15.8 Å². The predicted molar refractivity (Wildman–Crippen MR) is 54.8 cm³/mol. The highest BCUT2D eigenvalue weighted by Crippen LogP contribution is 2.31. The zero-order valence-electron chi connectivity index (χ0n) is 7.21. The summed E-state index contributed by atoms with van der Waals surface area (Å²) in [6, 6.07) is 7.78. The van der Waals surface area contributed by atoms with Crippen LogP contribution in [0, 0.1) is 0 Å². The number of rotatable bonds is 0. The number of hydrogen-bond donors (Lipinski definition) is 0. The van der Waals surface area contributed by atoms with Crippen molar-refractivity contribution in [3.8, 4) is 0 Å². The summed E-state index contributed by atoms with van der Waals surface area (Å²) >= 11 is 1.57. The molecule has 1 aliphatic heterocycles. The summed E-state index contributed by atoms with van der Waals surface area (Å²) in [6.45, 7) is 0. The Kier molecular flexibility index (Phi) is 1.70. The molecular formula is C9H6N4S. The zero-order valence-corrected chi connectivity index (χ0v) is 8.03. The van der Waals surface area contributed by atoms with E-state index in [4.69, 9.17) is 0 Å². The van der Waals surface area contributed by atoms with Crippen molar-refractivity contribution in [2.24, 2.45) is 10.2 Å². The monoisotopic (exact) mass is 202 g/mol. The van der Waals surface area contributed by atoms with Crippen LogP contribution in [0.1, 0.15) is 0 Å². The highest BCUT2D eigenvalue weighted by molar-refractivity contribution is 7.99. The Morgan fingerprint density at radius 1 is 1.07 bits per heavy atom. The van der Waals surface area contributed by atoms with E-state index < -0.39 is 0 Å². The average Bonchev–Trinajstić information content (AvgIpc) is 2.26. The summed E-state index contributed by atoms with van der Waals surface area (Å²) in [5.41, 5.74) is 1.78. The van der Waals surface area contributed by atoms with Crippen LogP contribution in [0.15, 0.2) is 39.5 Å². The first kappa shape index (κ1) is 7.87. The first-order chi connectivity index (χ1) is 6.93. The van der Waals surface area contributed by atoms with Crippen molar-refractivity contribution in [1.29, 1.82) is 0 Å². The summed E-state index contributed by atoms with van der Waals surface area (Å²) in [5.74, 6) is 1.28. The van der Waals surface area contributed by atoms with Crippen LogP contribution in [0.3, 0.4) is 0 Å². The lowest BCUT2D eigenvalue weighted by molar-refractivity contribution is 0.995. The van der Waals surface area contributed by atoms with Crippen LogP contribution >= 0.6 is 11.8 Å². The smallest absolute Gasteiger partial charge is 0.207 e. The molecule has 0 spiro atoms. The lowest BCUT2D eigenvalue weighted by atomic mass is 10.3.